The monoisotopic (exact) mass is 455 g/mol. The van der Waals surface area contributed by atoms with Crippen LogP contribution < -0.4 is 0 Å². The number of esters is 1. The van der Waals surface area contributed by atoms with Crippen LogP contribution in [0, 0.1) is 6.92 Å². The van der Waals surface area contributed by atoms with Gasteiger partial charge in [-0.15, -0.1) is 0 Å². The predicted molar refractivity (Wildman–Crippen MR) is 133 cm³/mol. The number of aryl methyl sites for hydroxylation is 1. The van der Waals surface area contributed by atoms with Gasteiger partial charge in [-0.2, -0.15) is 0 Å². The van der Waals surface area contributed by atoms with Gasteiger partial charge in [-0.05, 0) is 36.5 Å². The molecule has 176 valence electrons. The van der Waals surface area contributed by atoms with Crippen LogP contribution in [-0.4, -0.2) is 34.2 Å². The van der Waals surface area contributed by atoms with Crippen LogP contribution in [0.3, 0.4) is 0 Å². The summed E-state index contributed by atoms with van der Waals surface area (Å²) in [6.07, 6.45) is 4.91. The molecule has 4 nitrogen and oxygen atoms in total. The summed E-state index contributed by atoms with van der Waals surface area (Å²) in [5.41, 5.74) is 1.85. The summed E-state index contributed by atoms with van der Waals surface area (Å²) in [5, 5.41) is 11.7. The Morgan fingerprint density at radius 1 is 0.882 bits per heavy atom. The maximum Gasteiger partial charge on any atom is 0.347 e. The van der Waals surface area contributed by atoms with Crippen LogP contribution in [0.4, 0.5) is 0 Å². The van der Waals surface area contributed by atoms with Crippen LogP contribution >= 0.6 is 0 Å². The summed E-state index contributed by atoms with van der Waals surface area (Å²) in [6, 6.07) is 27.8. The lowest BCUT2D eigenvalue weighted by Gasteiger charge is -2.48. The molecule has 5 rings (SSSR count). The fourth-order valence-corrected chi connectivity index (χ4v) is 5.68. The first-order valence-corrected chi connectivity index (χ1v) is 12.4. The summed E-state index contributed by atoms with van der Waals surface area (Å²) in [5.74, 6) is -0.583. The van der Waals surface area contributed by atoms with E-state index in [1.807, 2.05) is 36.4 Å². The van der Waals surface area contributed by atoms with E-state index in [1.165, 1.54) is 17.5 Å². The Kier molecular flexibility index (Phi) is 6.53. The summed E-state index contributed by atoms with van der Waals surface area (Å²) >= 11 is 0. The molecule has 4 heteroatoms. The van der Waals surface area contributed by atoms with Crippen molar-refractivity contribution >= 4 is 5.97 Å². The zero-order chi connectivity index (χ0) is 23.5. The highest BCUT2D eigenvalue weighted by atomic mass is 16.6. The van der Waals surface area contributed by atoms with Crippen LogP contribution in [0.2, 0.25) is 0 Å². The van der Waals surface area contributed by atoms with Crippen molar-refractivity contribution in [3.63, 3.8) is 0 Å². The molecule has 34 heavy (non-hydrogen) atoms. The average Bonchev–Trinajstić information content (AvgIpc) is 2.86. The SMILES string of the molecule is Cc1ccc(CN2C3CCCC2CC(OC(=O)C(O)(c2ccccc2)c2ccccc2)C3)cc1. The Bertz CT molecular complexity index is 1040. The molecule has 0 spiro atoms. The predicted octanol–water partition coefficient (Wildman–Crippen LogP) is 5.36. The quantitative estimate of drug-likeness (QED) is 0.509. The molecule has 3 aromatic carbocycles. The lowest BCUT2D eigenvalue weighted by atomic mass is 9.82. The minimum atomic E-state index is -1.82. The van der Waals surface area contributed by atoms with Gasteiger partial charge in [0.05, 0.1) is 0 Å². The van der Waals surface area contributed by atoms with E-state index in [9.17, 15) is 9.90 Å². The van der Waals surface area contributed by atoms with E-state index in [4.69, 9.17) is 4.74 Å². The Hall–Kier alpha value is -2.95. The molecule has 0 saturated carbocycles. The van der Waals surface area contributed by atoms with Gasteiger partial charge >= 0.3 is 5.97 Å². The number of benzene rings is 3. The molecule has 3 aromatic rings. The molecule has 0 amide bonds. The maximum absolute atomic E-state index is 13.6. The molecule has 1 N–H and O–H groups in total. The number of fused-ring (bicyclic) bond motifs is 2. The number of carbonyl (C=O) groups is 1. The van der Waals surface area contributed by atoms with Crippen molar-refractivity contribution in [2.75, 3.05) is 0 Å². The van der Waals surface area contributed by atoms with Gasteiger partial charge in [-0.25, -0.2) is 4.79 Å². The van der Waals surface area contributed by atoms with Gasteiger partial charge in [0.2, 0.25) is 5.60 Å². The molecule has 2 saturated heterocycles. The highest BCUT2D eigenvalue weighted by Gasteiger charge is 2.45. The molecule has 0 radical (unpaired) electrons. The highest BCUT2D eigenvalue weighted by Crippen LogP contribution is 2.38. The van der Waals surface area contributed by atoms with Gasteiger partial charge < -0.3 is 9.84 Å². The van der Waals surface area contributed by atoms with Crippen LogP contribution in [-0.2, 0) is 21.7 Å². The molecule has 2 heterocycles. The molecule has 2 atom stereocenters. The first-order valence-electron chi connectivity index (χ1n) is 12.4. The molecule has 2 bridgehead atoms. The topological polar surface area (TPSA) is 49.8 Å². The standard InChI is InChI=1S/C30H33NO3/c1-22-15-17-23(18-16-22)21-31-26-13-8-14-27(31)20-28(19-26)34-29(32)30(33,24-9-4-2-5-10-24)25-11-6-3-7-12-25/h2-7,9-12,15-18,26-28,33H,8,13-14,19-21H2,1H3. The zero-order valence-electron chi connectivity index (χ0n) is 19.8. The Morgan fingerprint density at radius 2 is 1.41 bits per heavy atom. The molecular weight excluding hydrogens is 422 g/mol. The lowest BCUT2D eigenvalue weighted by molar-refractivity contribution is -0.173. The van der Waals surface area contributed by atoms with Crippen LogP contribution in [0.15, 0.2) is 84.9 Å². The Balaban J connectivity index is 1.34. The number of hydrogen-bond donors (Lipinski definition) is 1. The van der Waals surface area contributed by atoms with Crippen molar-refractivity contribution in [2.24, 2.45) is 0 Å². The molecule has 2 unspecified atom stereocenters. The number of ether oxygens (including phenoxy) is 1. The number of piperidine rings is 2. The minimum absolute atomic E-state index is 0.184. The van der Waals surface area contributed by atoms with Gasteiger partial charge in [0.25, 0.3) is 0 Å². The normalized spacial score (nSPS) is 22.8. The second kappa shape index (κ2) is 9.73. The van der Waals surface area contributed by atoms with Gasteiger partial charge in [0.15, 0.2) is 0 Å². The van der Waals surface area contributed by atoms with Gasteiger partial charge in [-0.1, -0.05) is 96.9 Å². The third kappa shape index (κ3) is 4.53. The van der Waals surface area contributed by atoms with E-state index < -0.39 is 11.6 Å². The van der Waals surface area contributed by atoms with Crippen molar-refractivity contribution in [1.82, 2.24) is 4.90 Å². The highest BCUT2D eigenvalue weighted by molar-refractivity contribution is 5.85. The maximum atomic E-state index is 13.6. The second-order valence-electron chi connectivity index (χ2n) is 9.84. The number of nitrogens with zero attached hydrogens (tertiary/aromatic N) is 1. The van der Waals surface area contributed by atoms with Crippen molar-refractivity contribution in [3.05, 3.63) is 107 Å². The van der Waals surface area contributed by atoms with Crippen LogP contribution in [0.1, 0.15) is 54.4 Å². The Morgan fingerprint density at radius 3 is 1.94 bits per heavy atom. The van der Waals surface area contributed by atoms with Gasteiger partial charge in [0.1, 0.15) is 6.10 Å². The van der Waals surface area contributed by atoms with E-state index in [2.05, 4.69) is 36.1 Å². The van der Waals surface area contributed by atoms with Crippen molar-refractivity contribution in [3.8, 4) is 0 Å². The van der Waals surface area contributed by atoms with Crippen molar-refractivity contribution < 1.29 is 14.6 Å². The van der Waals surface area contributed by atoms with E-state index in [1.54, 1.807) is 24.3 Å². The number of rotatable bonds is 6. The first kappa shape index (κ1) is 22.8. The van der Waals surface area contributed by atoms with E-state index in [0.717, 1.165) is 32.2 Å². The molecule has 2 aliphatic heterocycles. The largest absolute Gasteiger partial charge is 0.460 e. The smallest absolute Gasteiger partial charge is 0.347 e. The summed E-state index contributed by atoms with van der Waals surface area (Å²) in [7, 11) is 0. The minimum Gasteiger partial charge on any atom is -0.460 e. The Labute approximate surface area is 202 Å². The lowest BCUT2D eigenvalue weighted by Crippen LogP contribution is -2.54. The molecule has 2 aliphatic rings. The van der Waals surface area contributed by atoms with Gasteiger partial charge in [0, 0.05) is 31.5 Å². The fraction of sp³-hybridized carbons (Fsp3) is 0.367. The third-order valence-electron chi connectivity index (χ3n) is 7.52. The van der Waals surface area contributed by atoms with E-state index >= 15 is 0 Å². The summed E-state index contributed by atoms with van der Waals surface area (Å²) in [4.78, 5) is 16.2. The fourth-order valence-electron chi connectivity index (χ4n) is 5.68. The van der Waals surface area contributed by atoms with Crippen molar-refractivity contribution in [1.29, 1.82) is 0 Å². The van der Waals surface area contributed by atoms with Gasteiger partial charge in [-0.3, -0.25) is 4.90 Å². The van der Waals surface area contributed by atoms with Crippen LogP contribution in [0.25, 0.3) is 0 Å². The average molecular weight is 456 g/mol. The van der Waals surface area contributed by atoms with Crippen LogP contribution in [0.5, 0.6) is 0 Å². The number of aliphatic hydroxyl groups is 1. The summed E-state index contributed by atoms with van der Waals surface area (Å²) < 4.78 is 6.10. The van der Waals surface area contributed by atoms with Crippen molar-refractivity contribution in [2.45, 2.75) is 69.4 Å². The first-order chi connectivity index (χ1) is 16.5. The molecular formula is C30H33NO3. The zero-order valence-corrected chi connectivity index (χ0v) is 19.8. The summed E-state index contributed by atoms with van der Waals surface area (Å²) in [6.45, 7) is 3.05. The number of carbonyl (C=O) groups excluding carboxylic acids is 1. The van der Waals surface area contributed by atoms with E-state index in [0.29, 0.717) is 23.2 Å². The molecule has 0 aromatic heterocycles. The third-order valence-corrected chi connectivity index (χ3v) is 7.52. The number of hydrogen-bond acceptors (Lipinski definition) is 4. The second-order valence-corrected chi connectivity index (χ2v) is 9.84. The molecule has 0 aliphatic carbocycles. The van der Waals surface area contributed by atoms with E-state index in [-0.39, 0.29) is 6.10 Å². The molecule has 2 fully saturated rings.